The molecule has 1 heterocycles. The van der Waals surface area contributed by atoms with Gasteiger partial charge in [-0.2, -0.15) is 0 Å². The van der Waals surface area contributed by atoms with Crippen molar-refractivity contribution in [3.8, 4) is 0 Å². The zero-order valence-electron chi connectivity index (χ0n) is 16.0. The van der Waals surface area contributed by atoms with E-state index in [0.29, 0.717) is 18.2 Å². The lowest BCUT2D eigenvalue weighted by molar-refractivity contribution is 0.0617. The van der Waals surface area contributed by atoms with Gasteiger partial charge in [-0.25, -0.2) is 0 Å². The van der Waals surface area contributed by atoms with Crippen LogP contribution in [0, 0.1) is 5.92 Å². The van der Waals surface area contributed by atoms with Gasteiger partial charge in [0.25, 0.3) is 0 Å². The Bertz CT molecular complexity index is 792. The number of aliphatic hydroxyl groups is 1. The van der Waals surface area contributed by atoms with Gasteiger partial charge >= 0.3 is 0 Å². The lowest BCUT2D eigenvalue weighted by Crippen LogP contribution is -2.39. The first kappa shape index (κ1) is 19.7. The van der Waals surface area contributed by atoms with Crippen molar-refractivity contribution in [3.63, 3.8) is 0 Å². The number of allylic oxidation sites excluding steroid dienone is 1. The third kappa shape index (κ3) is 4.64. The number of nitrogens with zero attached hydrogens (tertiary/aromatic N) is 1. The van der Waals surface area contributed by atoms with Crippen LogP contribution in [0.3, 0.4) is 0 Å². The van der Waals surface area contributed by atoms with E-state index in [0.717, 1.165) is 22.5 Å². The number of halogens is 1. The van der Waals surface area contributed by atoms with Gasteiger partial charge in [0, 0.05) is 17.8 Å². The zero-order valence-corrected chi connectivity index (χ0v) is 16.8. The number of rotatable bonds is 7. The highest BCUT2D eigenvalue weighted by atomic mass is 35.5. The maximum absolute atomic E-state index is 11.0. The van der Waals surface area contributed by atoms with E-state index in [1.54, 1.807) is 0 Å². The molecule has 0 fully saturated rings. The van der Waals surface area contributed by atoms with Crippen LogP contribution in [-0.4, -0.2) is 29.8 Å². The topological polar surface area (TPSA) is 44.7 Å². The second-order valence-electron chi connectivity index (χ2n) is 7.18. The zero-order chi connectivity index (χ0) is 19.4. The quantitative estimate of drug-likeness (QED) is 0.743. The van der Waals surface area contributed by atoms with Gasteiger partial charge in [-0.15, -0.1) is 0 Å². The summed E-state index contributed by atoms with van der Waals surface area (Å²) < 4.78 is 5.92. The van der Waals surface area contributed by atoms with Gasteiger partial charge < -0.3 is 20.1 Å². The summed E-state index contributed by atoms with van der Waals surface area (Å²) in [5.41, 5.74) is 3.85. The molecule has 0 spiro atoms. The van der Waals surface area contributed by atoms with Gasteiger partial charge in [0.1, 0.15) is 12.3 Å². The molecular weight excluding hydrogens is 360 g/mol. The average molecular weight is 387 g/mol. The lowest BCUT2D eigenvalue weighted by atomic mass is 10.0. The molecule has 0 saturated carbocycles. The van der Waals surface area contributed by atoms with E-state index in [1.807, 2.05) is 49.5 Å². The monoisotopic (exact) mass is 386 g/mol. The summed E-state index contributed by atoms with van der Waals surface area (Å²) in [5, 5.41) is 15.2. The molecule has 3 rings (SSSR count). The van der Waals surface area contributed by atoms with Crippen LogP contribution in [0.25, 0.3) is 0 Å². The SMILES string of the molecule is CC(C)C1=C(C(O)c2cccc(Cl)c2)N(C)C(COCc2ccccc2)N1. The summed E-state index contributed by atoms with van der Waals surface area (Å²) in [7, 11) is 1.99. The van der Waals surface area contributed by atoms with Crippen molar-refractivity contribution in [3.05, 3.63) is 82.1 Å². The number of aliphatic hydroxyl groups excluding tert-OH is 1. The Labute approximate surface area is 166 Å². The van der Waals surface area contributed by atoms with Crippen LogP contribution < -0.4 is 5.32 Å². The highest BCUT2D eigenvalue weighted by molar-refractivity contribution is 6.30. The number of hydrogen-bond acceptors (Lipinski definition) is 4. The van der Waals surface area contributed by atoms with Gasteiger partial charge in [0.15, 0.2) is 0 Å². The first-order valence-electron chi connectivity index (χ1n) is 9.26. The minimum atomic E-state index is -0.738. The van der Waals surface area contributed by atoms with Crippen molar-refractivity contribution in [1.82, 2.24) is 10.2 Å². The second kappa shape index (κ2) is 8.79. The number of nitrogens with one attached hydrogen (secondary N) is 1. The maximum Gasteiger partial charge on any atom is 0.122 e. The van der Waals surface area contributed by atoms with Crippen LogP contribution >= 0.6 is 11.6 Å². The molecule has 1 aliphatic rings. The summed E-state index contributed by atoms with van der Waals surface area (Å²) in [6.45, 7) is 5.32. The van der Waals surface area contributed by atoms with E-state index < -0.39 is 6.10 Å². The first-order valence-corrected chi connectivity index (χ1v) is 9.63. The lowest BCUT2D eigenvalue weighted by Gasteiger charge is -2.27. The molecule has 144 valence electrons. The van der Waals surface area contributed by atoms with E-state index in [-0.39, 0.29) is 12.1 Å². The fourth-order valence-corrected chi connectivity index (χ4v) is 3.56. The van der Waals surface area contributed by atoms with E-state index >= 15 is 0 Å². The molecule has 1 aliphatic heterocycles. The molecule has 0 amide bonds. The fraction of sp³-hybridized carbons (Fsp3) is 0.364. The Morgan fingerprint density at radius 2 is 1.89 bits per heavy atom. The Morgan fingerprint density at radius 1 is 1.15 bits per heavy atom. The van der Waals surface area contributed by atoms with Crippen LogP contribution in [0.5, 0.6) is 0 Å². The molecule has 0 aromatic heterocycles. The Kier molecular flexibility index (Phi) is 6.42. The number of hydrogen-bond donors (Lipinski definition) is 2. The number of likely N-dealkylation sites (N-methyl/N-ethyl adjacent to an activating group) is 1. The van der Waals surface area contributed by atoms with Crippen LogP contribution in [0.1, 0.15) is 31.1 Å². The van der Waals surface area contributed by atoms with Crippen molar-refractivity contribution in [2.45, 2.75) is 32.7 Å². The molecule has 2 aromatic rings. The molecule has 0 aliphatic carbocycles. The van der Waals surface area contributed by atoms with Crippen LogP contribution in [0.2, 0.25) is 5.02 Å². The van der Waals surface area contributed by atoms with Crippen LogP contribution in [-0.2, 0) is 11.3 Å². The summed E-state index contributed by atoms with van der Waals surface area (Å²) in [5.74, 6) is 0.260. The molecule has 27 heavy (non-hydrogen) atoms. The van der Waals surface area contributed by atoms with Gasteiger partial charge in [-0.1, -0.05) is 67.9 Å². The third-order valence-corrected chi connectivity index (χ3v) is 5.07. The van der Waals surface area contributed by atoms with Crippen molar-refractivity contribution in [2.75, 3.05) is 13.7 Å². The van der Waals surface area contributed by atoms with Crippen molar-refractivity contribution < 1.29 is 9.84 Å². The van der Waals surface area contributed by atoms with Crippen molar-refractivity contribution in [2.24, 2.45) is 5.92 Å². The van der Waals surface area contributed by atoms with Crippen molar-refractivity contribution in [1.29, 1.82) is 0 Å². The number of ether oxygens (including phenoxy) is 1. The molecule has 0 bridgehead atoms. The molecular formula is C22H27ClN2O2. The molecule has 2 atom stereocenters. The van der Waals surface area contributed by atoms with Crippen molar-refractivity contribution >= 4 is 11.6 Å². The predicted octanol–water partition coefficient (Wildman–Crippen LogP) is 4.32. The summed E-state index contributed by atoms with van der Waals surface area (Å²) in [6.07, 6.45) is -0.757. The minimum Gasteiger partial charge on any atom is -0.382 e. The van der Waals surface area contributed by atoms with Gasteiger partial charge in [0.2, 0.25) is 0 Å². The molecule has 5 heteroatoms. The minimum absolute atomic E-state index is 0.0186. The highest BCUT2D eigenvalue weighted by Crippen LogP contribution is 2.34. The van der Waals surface area contributed by atoms with E-state index in [9.17, 15) is 5.11 Å². The molecule has 2 N–H and O–H groups in total. The highest BCUT2D eigenvalue weighted by Gasteiger charge is 2.34. The summed E-state index contributed by atoms with van der Waals surface area (Å²) in [4.78, 5) is 2.08. The Balaban J connectivity index is 1.71. The Hall–Kier alpha value is -2.01. The third-order valence-electron chi connectivity index (χ3n) is 4.83. The molecule has 2 aromatic carbocycles. The van der Waals surface area contributed by atoms with Gasteiger partial charge in [-0.05, 0) is 29.2 Å². The molecule has 2 unspecified atom stereocenters. The van der Waals surface area contributed by atoms with Crippen LogP contribution in [0.4, 0.5) is 0 Å². The number of benzene rings is 2. The second-order valence-corrected chi connectivity index (χ2v) is 7.62. The Morgan fingerprint density at radius 3 is 2.56 bits per heavy atom. The standard InChI is InChI=1S/C22H27ClN2O2/c1-15(2)20-21(22(26)17-10-7-11-18(23)12-17)25(3)19(24-20)14-27-13-16-8-5-4-6-9-16/h4-12,15,19,22,24,26H,13-14H2,1-3H3. The normalized spacial score (nSPS) is 18.1. The van der Waals surface area contributed by atoms with E-state index in [1.165, 1.54) is 0 Å². The summed E-state index contributed by atoms with van der Waals surface area (Å²) >= 11 is 6.11. The van der Waals surface area contributed by atoms with Gasteiger partial charge in [0.05, 0.1) is 18.9 Å². The van der Waals surface area contributed by atoms with Gasteiger partial charge in [-0.3, -0.25) is 0 Å². The molecule has 0 saturated heterocycles. The maximum atomic E-state index is 11.0. The fourth-order valence-electron chi connectivity index (χ4n) is 3.36. The molecule has 4 nitrogen and oxygen atoms in total. The van der Waals surface area contributed by atoms with E-state index in [4.69, 9.17) is 16.3 Å². The first-order chi connectivity index (χ1) is 13.0. The largest absolute Gasteiger partial charge is 0.382 e. The molecule has 0 radical (unpaired) electrons. The average Bonchev–Trinajstić information content (AvgIpc) is 2.99. The van der Waals surface area contributed by atoms with Crippen LogP contribution in [0.15, 0.2) is 66.0 Å². The smallest absolute Gasteiger partial charge is 0.122 e. The predicted molar refractivity (Wildman–Crippen MR) is 109 cm³/mol. The summed E-state index contributed by atoms with van der Waals surface area (Å²) in [6, 6.07) is 17.5. The van der Waals surface area contributed by atoms with E-state index in [2.05, 4.69) is 36.2 Å².